The topological polar surface area (TPSA) is 68.0 Å². The number of rotatable bonds is 3. The molecule has 0 atom stereocenters. The molecule has 0 saturated heterocycles. The van der Waals surface area contributed by atoms with E-state index in [4.69, 9.17) is 9.90 Å². The number of hydrogen-bond acceptors (Lipinski definition) is 3. The number of hydrogen-bond donors (Lipinski definition) is 1. The molecule has 22 heavy (non-hydrogen) atoms. The lowest BCUT2D eigenvalue weighted by atomic mass is 10.2. The summed E-state index contributed by atoms with van der Waals surface area (Å²) in [7, 11) is 0. The van der Waals surface area contributed by atoms with Gasteiger partial charge in [0.15, 0.2) is 0 Å². The average molecular weight is 295 g/mol. The third kappa shape index (κ3) is 4.86. The molecule has 3 rings (SSSR count). The molecular formula is C17H17N3O2. The van der Waals surface area contributed by atoms with E-state index in [2.05, 4.69) is 22.4 Å². The molecule has 0 unspecified atom stereocenters. The van der Waals surface area contributed by atoms with Crippen LogP contribution in [0.15, 0.2) is 66.9 Å². The number of aromatic nitrogens is 3. The summed E-state index contributed by atoms with van der Waals surface area (Å²) in [5.41, 5.74) is 3.23. The lowest BCUT2D eigenvalue weighted by Crippen LogP contribution is -1.99. The van der Waals surface area contributed by atoms with Gasteiger partial charge in [0.2, 0.25) is 0 Å². The Hall–Kier alpha value is -2.95. The third-order valence-electron chi connectivity index (χ3n) is 2.80. The number of nitrogens with zero attached hydrogens (tertiary/aromatic N) is 3. The van der Waals surface area contributed by atoms with Crippen molar-refractivity contribution in [2.45, 2.75) is 13.5 Å². The lowest BCUT2D eigenvalue weighted by Gasteiger charge is -1.99. The lowest BCUT2D eigenvalue weighted by molar-refractivity contribution is -0.134. The SMILES string of the molecule is CC(=O)O.c1ccc(Cn2cc(-c3ccccc3)nn2)cc1. The molecular weight excluding hydrogens is 278 g/mol. The van der Waals surface area contributed by atoms with Gasteiger partial charge in [-0.15, -0.1) is 5.10 Å². The Morgan fingerprint density at radius 2 is 1.59 bits per heavy atom. The molecule has 5 heteroatoms. The van der Waals surface area contributed by atoms with Gasteiger partial charge in [0.05, 0.1) is 12.7 Å². The first kappa shape index (κ1) is 15.4. The largest absolute Gasteiger partial charge is 0.481 e. The van der Waals surface area contributed by atoms with Gasteiger partial charge >= 0.3 is 0 Å². The van der Waals surface area contributed by atoms with Crippen LogP contribution in [0, 0.1) is 0 Å². The number of aliphatic carboxylic acids is 1. The van der Waals surface area contributed by atoms with E-state index >= 15 is 0 Å². The van der Waals surface area contributed by atoms with Crippen molar-refractivity contribution in [3.05, 3.63) is 72.4 Å². The number of carbonyl (C=O) groups is 1. The van der Waals surface area contributed by atoms with Gasteiger partial charge in [0.1, 0.15) is 5.69 Å². The van der Waals surface area contributed by atoms with Gasteiger partial charge in [-0.3, -0.25) is 4.79 Å². The van der Waals surface area contributed by atoms with E-state index in [0.717, 1.165) is 24.7 Å². The summed E-state index contributed by atoms with van der Waals surface area (Å²) >= 11 is 0. The molecule has 3 aromatic rings. The summed E-state index contributed by atoms with van der Waals surface area (Å²) in [6.45, 7) is 1.83. The standard InChI is InChI=1S/C15H13N3.C2H4O2/c1-3-7-13(8-4-1)11-18-12-15(16-17-18)14-9-5-2-6-10-14;1-2(3)4/h1-10,12H,11H2;1H3,(H,3,4). The van der Waals surface area contributed by atoms with E-state index in [0.29, 0.717) is 0 Å². The minimum Gasteiger partial charge on any atom is -0.481 e. The maximum absolute atomic E-state index is 9.00. The van der Waals surface area contributed by atoms with Crippen molar-refractivity contribution in [2.75, 3.05) is 0 Å². The zero-order valence-corrected chi connectivity index (χ0v) is 12.3. The van der Waals surface area contributed by atoms with Gasteiger partial charge in [-0.2, -0.15) is 0 Å². The minimum atomic E-state index is -0.833. The molecule has 1 aromatic heterocycles. The quantitative estimate of drug-likeness (QED) is 0.806. The summed E-state index contributed by atoms with van der Waals surface area (Å²) in [5.74, 6) is -0.833. The van der Waals surface area contributed by atoms with Crippen LogP contribution in [0.1, 0.15) is 12.5 Å². The van der Waals surface area contributed by atoms with Crippen LogP contribution in [-0.4, -0.2) is 26.1 Å². The van der Waals surface area contributed by atoms with Crippen LogP contribution in [0.25, 0.3) is 11.3 Å². The zero-order chi connectivity index (χ0) is 15.8. The van der Waals surface area contributed by atoms with Gasteiger partial charge in [0, 0.05) is 12.5 Å². The van der Waals surface area contributed by atoms with Crippen LogP contribution in [0.5, 0.6) is 0 Å². The number of carboxylic acid groups (broad SMARTS) is 1. The second-order valence-corrected chi connectivity index (χ2v) is 4.67. The van der Waals surface area contributed by atoms with Crippen molar-refractivity contribution in [3.63, 3.8) is 0 Å². The predicted octanol–water partition coefficient (Wildman–Crippen LogP) is 3.08. The van der Waals surface area contributed by atoms with E-state index in [-0.39, 0.29) is 0 Å². The van der Waals surface area contributed by atoms with E-state index in [1.54, 1.807) is 0 Å². The smallest absolute Gasteiger partial charge is 0.300 e. The van der Waals surface area contributed by atoms with Crippen molar-refractivity contribution < 1.29 is 9.90 Å². The van der Waals surface area contributed by atoms with E-state index in [1.807, 2.05) is 59.4 Å². The fourth-order valence-corrected chi connectivity index (χ4v) is 1.89. The molecule has 5 nitrogen and oxygen atoms in total. The first-order valence-electron chi connectivity index (χ1n) is 6.84. The summed E-state index contributed by atoms with van der Waals surface area (Å²) in [6, 6.07) is 20.3. The normalized spacial score (nSPS) is 9.68. The molecule has 0 spiro atoms. The van der Waals surface area contributed by atoms with Crippen LogP contribution in [-0.2, 0) is 11.3 Å². The van der Waals surface area contributed by atoms with E-state index in [1.165, 1.54) is 5.56 Å². The predicted molar refractivity (Wildman–Crippen MR) is 84.3 cm³/mol. The summed E-state index contributed by atoms with van der Waals surface area (Å²) < 4.78 is 1.86. The fourth-order valence-electron chi connectivity index (χ4n) is 1.89. The molecule has 1 heterocycles. The van der Waals surface area contributed by atoms with Crippen molar-refractivity contribution in [1.82, 2.24) is 15.0 Å². The molecule has 112 valence electrons. The van der Waals surface area contributed by atoms with Gasteiger partial charge in [-0.25, -0.2) is 4.68 Å². The molecule has 0 bridgehead atoms. The Morgan fingerprint density at radius 1 is 1.05 bits per heavy atom. The first-order valence-corrected chi connectivity index (χ1v) is 6.84. The summed E-state index contributed by atoms with van der Waals surface area (Å²) in [6.07, 6.45) is 1.97. The third-order valence-corrected chi connectivity index (χ3v) is 2.80. The maximum atomic E-state index is 9.00. The zero-order valence-electron chi connectivity index (χ0n) is 12.3. The second-order valence-electron chi connectivity index (χ2n) is 4.67. The highest BCUT2D eigenvalue weighted by Crippen LogP contribution is 2.15. The van der Waals surface area contributed by atoms with Crippen molar-refractivity contribution in [1.29, 1.82) is 0 Å². The molecule has 0 amide bonds. The maximum Gasteiger partial charge on any atom is 0.300 e. The van der Waals surface area contributed by atoms with E-state index in [9.17, 15) is 0 Å². The highest BCUT2D eigenvalue weighted by Gasteiger charge is 2.03. The second kappa shape index (κ2) is 7.73. The Morgan fingerprint density at radius 3 is 2.18 bits per heavy atom. The van der Waals surface area contributed by atoms with Crippen LogP contribution in [0.4, 0.5) is 0 Å². The highest BCUT2D eigenvalue weighted by atomic mass is 16.4. The van der Waals surface area contributed by atoms with Crippen molar-refractivity contribution in [2.24, 2.45) is 0 Å². The monoisotopic (exact) mass is 295 g/mol. The van der Waals surface area contributed by atoms with Crippen molar-refractivity contribution >= 4 is 5.97 Å². The highest BCUT2D eigenvalue weighted by molar-refractivity contribution is 5.63. The minimum absolute atomic E-state index is 0.751. The first-order chi connectivity index (χ1) is 10.6. The number of carboxylic acids is 1. The van der Waals surface area contributed by atoms with Crippen LogP contribution >= 0.6 is 0 Å². The summed E-state index contributed by atoms with van der Waals surface area (Å²) in [5, 5.41) is 15.8. The molecule has 0 aliphatic heterocycles. The Labute approximate surface area is 128 Å². The van der Waals surface area contributed by atoms with Gasteiger partial charge in [-0.05, 0) is 5.56 Å². The average Bonchev–Trinajstić information content (AvgIpc) is 2.97. The Balaban J connectivity index is 0.000000396. The van der Waals surface area contributed by atoms with Crippen LogP contribution in [0.2, 0.25) is 0 Å². The van der Waals surface area contributed by atoms with Gasteiger partial charge in [-0.1, -0.05) is 65.9 Å². The van der Waals surface area contributed by atoms with Crippen molar-refractivity contribution in [3.8, 4) is 11.3 Å². The molecule has 0 aliphatic rings. The van der Waals surface area contributed by atoms with Gasteiger partial charge in [0.25, 0.3) is 5.97 Å². The Bertz CT molecular complexity index is 705. The summed E-state index contributed by atoms with van der Waals surface area (Å²) in [4.78, 5) is 9.00. The van der Waals surface area contributed by atoms with E-state index < -0.39 is 5.97 Å². The fraction of sp³-hybridized carbons (Fsp3) is 0.118. The van der Waals surface area contributed by atoms with Crippen LogP contribution in [0.3, 0.4) is 0 Å². The molecule has 0 aliphatic carbocycles. The van der Waals surface area contributed by atoms with Gasteiger partial charge < -0.3 is 5.11 Å². The molecule has 1 N–H and O–H groups in total. The number of benzene rings is 2. The molecule has 2 aromatic carbocycles. The molecule has 0 fully saturated rings. The molecule has 0 saturated carbocycles. The Kier molecular flexibility index (Phi) is 5.43. The van der Waals surface area contributed by atoms with Crippen LogP contribution < -0.4 is 0 Å². The molecule has 0 radical (unpaired) electrons.